The summed E-state index contributed by atoms with van der Waals surface area (Å²) in [5.41, 5.74) is 4.69. The minimum Gasteiger partial charge on any atom is -0.465 e. The summed E-state index contributed by atoms with van der Waals surface area (Å²) in [5, 5.41) is 0. The molecule has 0 aliphatic carbocycles. The van der Waals surface area contributed by atoms with Crippen molar-refractivity contribution in [3.8, 4) is 5.75 Å². The molecule has 1 aliphatic heterocycles. The number of rotatable bonds is 4. The first-order valence-electron chi connectivity index (χ1n) is 10.9. The number of nitrogens with zero attached hydrogens (tertiary/aromatic N) is 2. The average Bonchev–Trinajstić information content (AvgIpc) is 2.79. The zero-order chi connectivity index (χ0) is 22.6. The largest absolute Gasteiger partial charge is 0.465 e. The molecule has 3 aromatic rings. The van der Waals surface area contributed by atoms with Gasteiger partial charge in [-0.25, -0.2) is 0 Å². The SMILES string of the molecule is CC.CC1Oc2ccccc2C(c2cccc(N(C)C)c2)(c2cccc(N(C)C)c2)O1. The molecule has 0 N–H and O–H groups in total. The van der Waals surface area contributed by atoms with Gasteiger partial charge in [-0.15, -0.1) is 0 Å². The van der Waals surface area contributed by atoms with Crippen LogP contribution in [0, 0.1) is 0 Å². The van der Waals surface area contributed by atoms with Crippen molar-refractivity contribution in [2.45, 2.75) is 32.7 Å². The lowest BCUT2D eigenvalue weighted by Gasteiger charge is -2.43. The Morgan fingerprint density at radius 1 is 0.710 bits per heavy atom. The molecule has 164 valence electrons. The van der Waals surface area contributed by atoms with Gasteiger partial charge < -0.3 is 19.3 Å². The maximum atomic E-state index is 6.68. The van der Waals surface area contributed by atoms with Crippen LogP contribution in [0.25, 0.3) is 0 Å². The summed E-state index contributed by atoms with van der Waals surface area (Å²) < 4.78 is 12.7. The van der Waals surface area contributed by atoms with Crippen LogP contribution in [0.2, 0.25) is 0 Å². The van der Waals surface area contributed by atoms with E-state index < -0.39 is 5.60 Å². The van der Waals surface area contributed by atoms with E-state index >= 15 is 0 Å². The fraction of sp³-hybridized carbons (Fsp3) is 0.333. The number of hydrogen-bond donors (Lipinski definition) is 0. The monoisotopic (exact) mass is 418 g/mol. The second-order valence-corrected chi connectivity index (χ2v) is 7.87. The summed E-state index contributed by atoms with van der Waals surface area (Å²) in [6.45, 7) is 5.95. The van der Waals surface area contributed by atoms with Gasteiger partial charge in [-0.3, -0.25) is 0 Å². The van der Waals surface area contributed by atoms with E-state index in [4.69, 9.17) is 9.47 Å². The van der Waals surface area contributed by atoms with Gasteiger partial charge in [0.2, 0.25) is 0 Å². The molecule has 0 spiro atoms. The van der Waals surface area contributed by atoms with Crippen LogP contribution in [-0.2, 0) is 10.3 Å². The predicted octanol–water partition coefficient (Wildman–Crippen LogP) is 5.89. The van der Waals surface area contributed by atoms with Crippen molar-refractivity contribution in [1.29, 1.82) is 0 Å². The maximum Gasteiger partial charge on any atom is 0.198 e. The predicted molar refractivity (Wildman–Crippen MR) is 130 cm³/mol. The quantitative estimate of drug-likeness (QED) is 0.527. The van der Waals surface area contributed by atoms with E-state index in [2.05, 4.69) is 92.6 Å². The highest BCUT2D eigenvalue weighted by Gasteiger charge is 2.45. The highest BCUT2D eigenvalue weighted by molar-refractivity contribution is 5.60. The minimum absolute atomic E-state index is 0.379. The topological polar surface area (TPSA) is 24.9 Å². The molecule has 0 fully saturated rings. The Hall–Kier alpha value is -2.98. The molecule has 4 nitrogen and oxygen atoms in total. The summed E-state index contributed by atoms with van der Waals surface area (Å²) >= 11 is 0. The molecule has 1 atom stereocenters. The molecule has 0 aromatic heterocycles. The smallest absolute Gasteiger partial charge is 0.198 e. The normalized spacial score (nSPS) is 16.3. The molecule has 0 radical (unpaired) electrons. The van der Waals surface area contributed by atoms with E-state index in [0.717, 1.165) is 33.8 Å². The van der Waals surface area contributed by atoms with E-state index in [1.165, 1.54) is 0 Å². The van der Waals surface area contributed by atoms with Crippen molar-refractivity contribution < 1.29 is 9.47 Å². The Balaban J connectivity index is 0.00000132. The Morgan fingerprint density at radius 3 is 1.74 bits per heavy atom. The highest BCUT2D eigenvalue weighted by atomic mass is 16.7. The fourth-order valence-corrected chi connectivity index (χ4v) is 4.00. The molecular weight excluding hydrogens is 384 g/mol. The molecule has 4 heteroatoms. The summed E-state index contributed by atoms with van der Waals surface area (Å²) in [6, 6.07) is 25.3. The number of anilines is 2. The van der Waals surface area contributed by atoms with Gasteiger partial charge in [0, 0.05) is 45.1 Å². The number of fused-ring (bicyclic) bond motifs is 1. The number of ether oxygens (including phenoxy) is 2. The lowest BCUT2D eigenvalue weighted by Crippen LogP contribution is -2.42. The molecule has 0 saturated heterocycles. The van der Waals surface area contributed by atoms with E-state index in [0.29, 0.717) is 0 Å². The van der Waals surface area contributed by atoms with Crippen LogP contribution in [0.4, 0.5) is 11.4 Å². The van der Waals surface area contributed by atoms with Gasteiger partial charge in [0.05, 0.1) is 0 Å². The highest BCUT2D eigenvalue weighted by Crippen LogP contribution is 2.49. The third-order valence-electron chi connectivity index (χ3n) is 5.44. The zero-order valence-electron chi connectivity index (χ0n) is 19.7. The van der Waals surface area contributed by atoms with Gasteiger partial charge in [-0.05, 0) is 48.4 Å². The van der Waals surface area contributed by atoms with E-state index in [9.17, 15) is 0 Å². The molecule has 3 aromatic carbocycles. The number of hydrogen-bond acceptors (Lipinski definition) is 4. The third-order valence-corrected chi connectivity index (χ3v) is 5.44. The summed E-state index contributed by atoms with van der Waals surface area (Å²) in [7, 11) is 8.22. The Morgan fingerprint density at radius 2 is 1.23 bits per heavy atom. The Labute approximate surface area is 187 Å². The first-order valence-corrected chi connectivity index (χ1v) is 10.9. The van der Waals surface area contributed by atoms with Crippen LogP contribution >= 0.6 is 0 Å². The first kappa shape index (κ1) is 22.7. The van der Waals surface area contributed by atoms with Crippen molar-refractivity contribution in [2.24, 2.45) is 0 Å². The second kappa shape index (κ2) is 9.44. The van der Waals surface area contributed by atoms with Crippen molar-refractivity contribution in [1.82, 2.24) is 0 Å². The zero-order valence-corrected chi connectivity index (χ0v) is 19.7. The van der Waals surface area contributed by atoms with Crippen LogP contribution < -0.4 is 14.5 Å². The molecular formula is C27H34N2O2. The Bertz CT molecular complexity index is 962. The second-order valence-electron chi connectivity index (χ2n) is 7.87. The summed E-state index contributed by atoms with van der Waals surface area (Å²) in [6.07, 6.45) is -0.379. The molecule has 0 amide bonds. The molecule has 1 unspecified atom stereocenters. The number of benzene rings is 3. The van der Waals surface area contributed by atoms with Crippen LogP contribution in [-0.4, -0.2) is 34.5 Å². The van der Waals surface area contributed by atoms with Crippen LogP contribution in [0.1, 0.15) is 37.5 Å². The number of para-hydroxylation sites is 1. The molecule has 1 aliphatic rings. The maximum absolute atomic E-state index is 6.68. The molecule has 0 bridgehead atoms. The first-order chi connectivity index (χ1) is 14.9. The van der Waals surface area contributed by atoms with Gasteiger partial charge in [-0.2, -0.15) is 0 Å². The van der Waals surface area contributed by atoms with Gasteiger partial charge in [-0.1, -0.05) is 56.3 Å². The van der Waals surface area contributed by atoms with Gasteiger partial charge in [0.1, 0.15) is 5.75 Å². The van der Waals surface area contributed by atoms with Gasteiger partial charge in [0.15, 0.2) is 11.9 Å². The van der Waals surface area contributed by atoms with E-state index in [1.54, 1.807) is 0 Å². The standard InChI is InChI=1S/C25H28N2O2.C2H6/c1-18-28-24-15-7-6-14-23(24)25(29-18,19-10-8-12-21(16-19)26(2)3)20-11-9-13-22(17-20)27(4)5;1-2/h6-18H,1-5H3;1-2H3. The average molecular weight is 419 g/mol. The van der Waals surface area contributed by atoms with E-state index in [-0.39, 0.29) is 6.29 Å². The Kier molecular flexibility index (Phi) is 6.91. The van der Waals surface area contributed by atoms with Gasteiger partial charge >= 0.3 is 0 Å². The lowest BCUT2D eigenvalue weighted by atomic mass is 9.78. The van der Waals surface area contributed by atoms with E-state index in [1.807, 2.05) is 39.0 Å². The van der Waals surface area contributed by atoms with Crippen LogP contribution in [0.3, 0.4) is 0 Å². The van der Waals surface area contributed by atoms with Crippen molar-refractivity contribution in [3.63, 3.8) is 0 Å². The van der Waals surface area contributed by atoms with Crippen LogP contribution in [0.5, 0.6) is 5.75 Å². The van der Waals surface area contributed by atoms with Crippen molar-refractivity contribution in [2.75, 3.05) is 38.0 Å². The van der Waals surface area contributed by atoms with Crippen molar-refractivity contribution >= 4 is 11.4 Å². The molecule has 31 heavy (non-hydrogen) atoms. The molecule has 4 rings (SSSR count). The third kappa shape index (κ3) is 4.26. The van der Waals surface area contributed by atoms with Crippen LogP contribution in [0.15, 0.2) is 72.8 Å². The fourth-order valence-electron chi connectivity index (χ4n) is 4.00. The summed E-state index contributed by atoms with van der Waals surface area (Å²) in [5.74, 6) is 0.858. The van der Waals surface area contributed by atoms with Crippen molar-refractivity contribution in [3.05, 3.63) is 89.5 Å². The lowest BCUT2D eigenvalue weighted by molar-refractivity contribution is -0.152. The molecule has 0 saturated carbocycles. The summed E-state index contributed by atoms with van der Waals surface area (Å²) in [4.78, 5) is 4.23. The van der Waals surface area contributed by atoms with Gasteiger partial charge in [0.25, 0.3) is 0 Å². The minimum atomic E-state index is -0.758. The molecule has 1 heterocycles.